The second kappa shape index (κ2) is 4.13. The molecule has 4 nitrogen and oxygen atoms in total. The zero-order valence-corrected chi connectivity index (χ0v) is 8.37. The number of rotatable bonds is 2. The largest absolute Gasteiger partial charge is 0.310 e. The summed E-state index contributed by atoms with van der Waals surface area (Å²) < 4.78 is 26.0. The Hall–Kier alpha value is -1.56. The first-order valence-electron chi connectivity index (χ1n) is 4.96. The van der Waals surface area contributed by atoms with E-state index in [0.717, 1.165) is 19.0 Å². The van der Waals surface area contributed by atoms with Crippen LogP contribution in [0.5, 0.6) is 0 Å². The molecular formula is C10H10F2N2O2. The van der Waals surface area contributed by atoms with Gasteiger partial charge in [0.1, 0.15) is 0 Å². The molecule has 86 valence electrons. The van der Waals surface area contributed by atoms with Crippen molar-refractivity contribution in [2.45, 2.75) is 18.9 Å². The summed E-state index contributed by atoms with van der Waals surface area (Å²) in [7, 11) is 0. The van der Waals surface area contributed by atoms with Crippen LogP contribution in [0.15, 0.2) is 12.1 Å². The van der Waals surface area contributed by atoms with Gasteiger partial charge in [0.05, 0.1) is 11.0 Å². The van der Waals surface area contributed by atoms with Gasteiger partial charge in [-0.25, -0.2) is 8.78 Å². The molecule has 16 heavy (non-hydrogen) atoms. The highest BCUT2D eigenvalue weighted by Gasteiger charge is 2.26. The minimum absolute atomic E-state index is 0.224. The molecule has 1 aromatic rings. The quantitative estimate of drug-likeness (QED) is 0.624. The summed E-state index contributed by atoms with van der Waals surface area (Å²) in [4.78, 5) is 10.0. The van der Waals surface area contributed by atoms with E-state index < -0.39 is 16.6 Å². The molecule has 0 bridgehead atoms. The molecule has 1 N–H and O–H groups in total. The predicted octanol–water partition coefficient (Wildman–Crippen LogP) is 2.30. The summed E-state index contributed by atoms with van der Waals surface area (Å²) in [6.45, 7) is 0.737. The van der Waals surface area contributed by atoms with Crippen molar-refractivity contribution >= 4 is 5.69 Å². The van der Waals surface area contributed by atoms with Gasteiger partial charge < -0.3 is 5.32 Å². The third-order valence-electron chi connectivity index (χ3n) is 2.70. The minimum atomic E-state index is -1.19. The molecule has 1 aliphatic heterocycles. The fourth-order valence-electron chi connectivity index (χ4n) is 1.94. The van der Waals surface area contributed by atoms with Crippen LogP contribution in [-0.2, 0) is 0 Å². The van der Waals surface area contributed by atoms with Crippen LogP contribution >= 0.6 is 0 Å². The Morgan fingerprint density at radius 3 is 2.62 bits per heavy atom. The first-order chi connectivity index (χ1) is 7.59. The lowest BCUT2D eigenvalue weighted by atomic mass is 10.0. The normalized spacial score (nSPS) is 20.0. The molecule has 6 heteroatoms. The summed E-state index contributed by atoms with van der Waals surface area (Å²) in [5.74, 6) is -2.23. The number of nitro groups is 1. The van der Waals surface area contributed by atoms with Gasteiger partial charge in [-0.2, -0.15) is 0 Å². The van der Waals surface area contributed by atoms with Crippen LogP contribution in [0.2, 0.25) is 0 Å². The number of nitrogens with one attached hydrogen (secondary N) is 1. The van der Waals surface area contributed by atoms with Crippen LogP contribution in [0.25, 0.3) is 0 Å². The molecule has 1 fully saturated rings. The van der Waals surface area contributed by atoms with Gasteiger partial charge in [-0.05, 0) is 25.5 Å². The zero-order valence-electron chi connectivity index (χ0n) is 8.37. The Kier molecular flexibility index (Phi) is 2.82. The molecule has 0 amide bonds. The highest BCUT2D eigenvalue weighted by molar-refractivity contribution is 5.43. The van der Waals surface area contributed by atoms with Crippen molar-refractivity contribution in [3.8, 4) is 0 Å². The fourth-order valence-corrected chi connectivity index (χ4v) is 1.94. The van der Waals surface area contributed by atoms with Crippen molar-refractivity contribution in [3.05, 3.63) is 39.4 Å². The van der Waals surface area contributed by atoms with Gasteiger partial charge in [-0.15, -0.1) is 0 Å². The monoisotopic (exact) mass is 228 g/mol. The van der Waals surface area contributed by atoms with E-state index in [0.29, 0.717) is 12.5 Å². The SMILES string of the molecule is O=[N+]([O-])c1cc(F)c(F)cc1C1CCCN1. The van der Waals surface area contributed by atoms with Crippen molar-refractivity contribution < 1.29 is 13.7 Å². The van der Waals surface area contributed by atoms with Crippen LogP contribution in [0.4, 0.5) is 14.5 Å². The second-order valence-electron chi connectivity index (χ2n) is 3.73. The van der Waals surface area contributed by atoms with Gasteiger partial charge in [-0.3, -0.25) is 10.1 Å². The molecule has 0 aliphatic carbocycles. The Balaban J connectivity index is 2.48. The number of hydrogen-bond donors (Lipinski definition) is 1. The number of nitro benzene ring substituents is 1. The Bertz CT molecular complexity index is 431. The first-order valence-corrected chi connectivity index (χ1v) is 4.96. The lowest BCUT2D eigenvalue weighted by molar-refractivity contribution is -0.386. The number of halogens is 2. The lowest BCUT2D eigenvalue weighted by Gasteiger charge is -2.11. The maximum absolute atomic E-state index is 13.1. The van der Waals surface area contributed by atoms with Crippen LogP contribution in [0.1, 0.15) is 24.4 Å². The molecular weight excluding hydrogens is 218 g/mol. The molecule has 1 aromatic carbocycles. The highest BCUT2D eigenvalue weighted by atomic mass is 19.2. The van der Waals surface area contributed by atoms with Crippen LogP contribution < -0.4 is 5.32 Å². The summed E-state index contributed by atoms with van der Waals surface area (Å²) in [6, 6.07) is 1.30. The molecule has 2 rings (SSSR count). The van der Waals surface area contributed by atoms with Gasteiger partial charge >= 0.3 is 0 Å². The fraction of sp³-hybridized carbons (Fsp3) is 0.400. The summed E-state index contributed by atoms with van der Waals surface area (Å²) in [5, 5.41) is 13.8. The van der Waals surface area contributed by atoms with Crippen molar-refractivity contribution in [3.63, 3.8) is 0 Å². The van der Waals surface area contributed by atoms with Gasteiger partial charge in [0.2, 0.25) is 0 Å². The molecule has 1 heterocycles. The number of nitrogens with zero attached hydrogens (tertiary/aromatic N) is 1. The van der Waals surface area contributed by atoms with E-state index in [-0.39, 0.29) is 17.3 Å². The van der Waals surface area contributed by atoms with E-state index in [4.69, 9.17) is 0 Å². The predicted molar refractivity (Wildman–Crippen MR) is 53.0 cm³/mol. The molecule has 0 radical (unpaired) electrons. The van der Waals surface area contributed by atoms with Crippen molar-refractivity contribution in [2.24, 2.45) is 0 Å². The van der Waals surface area contributed by atoms with Crippen molar-refractivity contribution in [1.82, 2.24) is 5.32 Å². The summed E-state index contributed by atoms with van der Waals surface area (Å²) in [5.41, 5.74) is -0.139. The highest BCUT2D eigenvalue weighted by Crippen LogP contribution is 2.32. The minimum Gasteiger partial charge on any atom is -0.310 e. The van der Waals surface area contributed by atoms with Crippen LogP contribution in [0.3, 0.4) is 0 Å². The van der Waals surface area contributed by atoms with Crippen molar-refractivity contribution in [1.29, 1.82) is 0 Å². The molecule has 0 aromatic heterocycles. The van der Waals surface area contributed by atoms with Crippen molar-refractivity contribution in [2.75, 3.05) is 6.54 Å². The zero-order chi connectivity index (χ0) is 11.7. The number of hydrogen-bond acceptors (Lipinski definition) is 3. The van der Waals surface area contributed by atoms with E-state index in [1.165, 1.54) is 0 Å². The van der Waals surface area contributed by atoms with Crippen LogP contribution in [-0.4, -0.2) is 11.5 Å². The molecule has 1 atom stereocenters. The van der Waals surface area contributed by atoms with Gasteiger partial charge in [0.15, 0.2) is 11.6 Å². The number of benzene rings is 1. The van der Waals surface area contributed by atoms with Gasteiger partial charge in [0, 0.05) is 11.6 Å². The maximum Gasteiger partial charge on any atom is 0.277 e. The van der Waals surface area contributed by atoms with E-state index in [1.807, 2.05) is 0 Å². The lowest BCUT2D eigenvalue weighted by Crippen LogP contribution is -2.15. The van der Waals surface area contributed by atoms with E-state index >= 15 is 0 Å². The molecule has 1 unspecified atom stereocenters. The topological polar surface area (TPSA) is 55.2 Å². The standard InChI is InChI=1S/C10H10F2N2O2/c11-7-4-6(9-2-1-3-13-9)10(14(15)16)5-8(7)12/h4-5,9,13H,1-3H2. The Morgan fingerprint density at radius 1 is 1.38 bits per heavy atom. The van der Waals surface area contributed by atoms with E-state index in [9.17, 15) is 18.9 Å². The smallest absolute Gasteiger partial charge is 0.277 e. The third-order valence-corrected chi connectivity index (χ3v) is 2.70. The average Bonchev–Trinajstić information content (AvgIpc) is 2.74. The second-order valence-corrected chi connectivity index (χ2v) is 3.73. The molecule has 0 spiro atoms. The van der Waals surface area contributed by atoms with Crippen LogP contribution in [0, 0.1) is 21.7 Å². The average molecular weight is 228 g/mol. The van der Waals surface area contributed by atoms with E-state index in [2.05, 4.69) is 5.32 Å². The summed E-state index contributed by atoms with van der Waals surface area (Å²) >= 11 is 0. The Morgan fingerprint density at radius 2 is 2.06 bits per heavy atom. The van der Waals surface area contributed by atoms with Gasteiger partial charge in [-0.1, -0.05) is 0 Å². The van der Waals surface area contributed by atoms with Gasteiger partial charge in [0.25, 0.3) is 5.69 Å². The summed E-state index contributed by atoms with van der Waals surface area (Å²) in [6.07, 6.45) is 1.58. The molecule has 1 aliphatic rings. The maximum atomic E-state index is 13.1. The first kappa shape index (κ1) is 10.9. The third kappa shape index (κ3) is 1.88. The molecule has 0 saturated carbocycles. The Labute approximate surface area is 90.4 Å². The molecule has 1 saturated heterocycles. The van der Waals surface area contributed by atoms with E-state index in [1.54, 1.807) is 0 Å².